The fraction of sp³-hybridized carbons (Fsp3) is 0.368. The smallest absolute Gasteiger partial charge is 0.429 e. The molecule has 1 unspecified atom stereocenters. The minimum absolute atomic E-state index is 0.0130. The van der Waals surface area contributed by atoms with Crippen LogP contribution in [-0.2, 0) is 6.54 Å². The van der Waals surface area contributed by atoms with E-state index in [1.807, 2.05) is 0 Å². The Morgan fingerprint density at radius 3 is 2.25 bits per heavy atom. The minimum Gasteiger partial charge on any atom is -0.475 e. The van der Waals surface area contributed by atoms with Gasteiger partial charge >= 0.3 is 6.18 Å². The lowest BCUT2D eigenvalue weighted by Crippen LogP contribution is -2.26. The quantitative estimate of drug-likeness (QED) is 0.385. The van der Waals surface area contributed by atoms with Gasteiger partial charge in [0.05, 0.1) is 9.99 Å². The SMILES string of the molecule is CC(C)(C)Cn1nnc2c(Br)c(OC(c3ccc(Br)cc3)C(F)(F)F)ccc21. The first-order chi connectivity index (χ1) is 13.0. The molecule has 0 N–H and O–H groups in total. The zero-order chi connectivity index (χ0) is 20.7. The number of nitrogens with zero attached hydrogens (tertiary/aromatic N) is 3. The number of halogens is 5. The van der Waals surface area contributed by atoms with E-state index in [1.54, 1.807) is 22.9 Å². The van der Waals surface area contributed by atoms with Gasteiger partial charge in [0.15, 0.2) is 0 Å². The zero-order valence-corrected chi connectivity index (χ0v) is 18.6. The summed E-state index contributed by atoms with van der Waals surface area (Å²) >= 11 is 6.57. The number of alkyl halides is 3. The van der Waals surface area contributed by atoms with Gasteiger partial charge in [-0.15, -0.1) is 5.10 Å². The van der Waals surface area contributed by atoms with Gasteiger partial charge in [-0.1, -0.05) is 54.0 Å². The Bertz CT molecular complexity index is 979. The summed E-state index contributed by atoms with van der Waals surface area (Å²) in [5, 5.41) is 8.25. The molecular formula is C19H18Br2F3N3O. The van der Waals surface area contributed by atoms with E-state index in [2.05, 4.69) is 62.9 Å². The van der Waals surface area contributed by atoms with Crippen molar-refractivity contribution in [2.45, 2.75) is 39.6 Å². The molecule has 1 atom stereocenters. The van der Waals surface area contributed by atoms with Crippen LogP contribution in [0.5, 0.6) is 5.75 Å². The van der Waals surface area contributed by atoms with Crippen LogP contribution in [0.3, 0.4) is 0 Å². The van der Waals surface area contributed by atoms with Crippen LogP contribution in [0.4, 0.5) is 13.2 Å². The molecule has 0 saturated heterocycles. The molecule has 1 heterocycles. The van der Waals surface area contributed by atoms with Crippen LogP contribution in [0.15, 0.2) is 45.3 Å². The number of rotatable bonds is 4. The topological polar surface area (TPSA) is 39.9 Å². The maximum Gasteiger partial charge on any atom is 0.429 e. The second-order valence-corrected chi connectivity index (χ2v) is 9.35. The molecule has 0 bridgehead atoms. The summed E-state index contributed by atoms with van der Waals surface area (Å²) < 4.78 is 49.1. The normalized spacial score (nSPS) is 13.7. The van der Waals surface area contributed by atoms with Crippen LogP contribution < -0.4 is 4.74 Å². The number of benzene rings is 2. The van der Waals surface area contributed by atoms with Crippen molar-refractivity contribution in [3.63, 3.8) is 0 Å². The van der Waals surface area contributed by atoms with E-state index in [-0.39, 0.29) is 16.7 Å². The number of fused-ring (bicyclic) bond motifs is 1. The molecule has 0 fully saturated rings. The summed E-state index contributed by atoms with van der Waals surface area (Å²) in [6.07, 6.45) is -6.68. The highest BCUT2D eigenvalue weighted by atomic mass is 79.9. The molecule has 3 aromatic rings. The Labute approximate surface area is 177 Å². The van der Waals surface area contributed by atoms with E-state index < -0.39 is 12.3 Å². The van der Waals surface area contributed by atoms with Crippen LogP contribution >= 0.6 is 31.9 Å². The van der Waals surface area contributed by atoms with Crippen molar-refractivity contribution in [3.8, 4) is 5.75 Å². The molecule has 0 aliphatic carbocycles. The van der Waals surface area contributed by atoms with E-state index in [4.69, 9.17) is 4.74 Å². The molecule has 9 heteroatoms. The maximum absolute atomic E-state index is 13.6. The van der Waals surface area contributed by atoms with Crippen LogP contribution in [0, 0.1) is 5.41 Å². The first kappa shape index (κ1) is 21.1. The maximum atomic E-state index is 13.6. The second-order valence-electron chi connectivity index (χ2n) is 7.64. The minimum atomic E-state index is -4.58. The zero-order valence-electron chi connectivity index (χ0n) is 15.4. The highest BCUT2D eigenvalue weighted by Gasteiger charge is 2.43. The lowest BCUT2D eigenvalue weighted by atomic mass is 9.97. The van der Waals surface area contributed by atoms with Crippen molar-refractivity contribution in [1.82, 2.24) is 15.0 Å². The third-order valence-corrected chi connectivity index (χ3v) is 5.22. The lowest BCUT2D eigenvalue weighted by Gasteiger charge is -2.23. The average Bonchev–Trinajstić information content (AvgIpc) is 2.96. The van der Waals surface area contributed by atoms with Gasteiger partial charge in [-0.2, -0.15) is 13.2 Å². The van der Waals surface area contributed by atoms with Crippen molar-refractivity contribution in [3.05, 3.63) is 50.9 Å². The summed E-state index contributed by atoms with van der Waals surface area (Å²) in [4.78, 5) is 0. The molecule has 0 aliphatic rings. The molecule has 0 amide bonds. The van der Waals surface area contributed by atoms with Gasteiger partial charge in [0.2, 0.25) is 6.10 Å². The van der Waals surface area contributed by atoms with Crippen molar-refractivity contribution in [2.24, 2.45) is 5.41 Å². The number of aromatic nitrogens is 3. The van der Waals surface area contributed by atoms with Gasteiger partial charge in [0.1, 0.15) is 11.3 Å². The van der Waals surface area contributed by atoms with Crippen LogP contribution in [0.2, 0.25) is 0 Å². The first-order valence-electron chi connectivity index (χ1n) is 8.46. The molecule has 1 aromatic heterocycles. The molecule has 150 valence electrons. The monoisotopic (exact) mass is 519 g/mol. The first-order valence-corrected chi connectivity index (χ1v) is 10.0. The molecule has 0 radical (unpaired) electrons. The largest absolute Gasteiger partial charge is 0.475 e. The fourth-order valence-electron chi connectivity index (χ4n) is 2.73. The van der Waals surface area contributed by atoms with Gasteiger partial charge in [0.25, 0.3) is 0 Å². The van der Waals surface area contributed by atoms with E-state index in [9.17, 15) is 13.2 Å². The fourth-order valence-corrected chi connectivity index (χ4v) is 3.50. The van der Waals surface area contributed by atoms with Gasteiger partial charge < -0.3 is 4.74 Å². The Hall–Kier alpha value is -1.61. The Morgan fingerprint density at radius 1 is 1.04 bits per heavy atom. The number of hydrogen-bond acceptors (Lipinski definition) is 3. The summed E-state index contributed by atoms with van der Waals surface area (Å²) in [6, 6.07) is 9.05. The van der Waals surface area contributed by atoms with Crippen molar-refractivity contribution < 1.29 is 17.9 Å². The highest BCUT2D eigenvalue weighted by Crippen LogP contribution is 2.41. The Kier molecular flexibility index (Phi) is 5.78. The van der Waals surface area contributed by atoms with Crippen LogP contribution in [0.1, 0.15) is 32.4 Å². The van der Waals surface area contributed by atoms with Crippen molar-refractivity contribution in [1.29, 1.82) is 0 Å². The predicted octanol–water partition coefficient (Wildman–Crippen LogP) is 6.68. The molecule has 28 heavy (non-hydrogen) atoms. The molecule has 0 saturated carbocycles. The van der Waals surface area contributed by atoms with E-state index in [0.29, 0.717) is 21.0 Å². The summed E-state index contributed by atoms with van der Waals surface area (Å²) in [6.45, 7) is 6.83. The molecule has 3 rings (SSSR count). The number of hydrogen-bond donors (Lipinski definition) is 0. The predicted molar refractivity (Wildman–Crippen MR) is 108 cm³/mol. The summed E-state index contributed by atoms with van der Waals surface area (Å²) in [5.41, 5.74) is 1.17. The summed E-state index contributed by atoms with van der Waals surface area (Å²) in [5.74, 6) is 0.0561. The van der Waals surface area contributed by atoms with Gasteiger partial charge in [0, 0.05) is 16.6 Å². The van der Waals surface area contributed by atoms with Crippen LogP contribution in [-0.4, -0.2) is 21.2 Å². The third-order valence-electron chi connectivity index (χ3n) is 3.93. The molecular weight excluding hydrogens is 503 g/mol. The van der Waals surface area contributed by atoms with Gasteiger partial charge in [-0.05, 0) is 45.6 Å². The average molecular weight is 521 g/mol. The Morgan fingerprint density at radius 2 is 1.68 bits per heavy atom. The Balaban J connectivity index is 1.98. The highest BCUT2D eigenvalue weighted by molar-refractivity contribution is 9.11. The lowest BCUT2D eigenvalue weighted by molar-refractivity contribution is -0.198. The standard InChI is InChI=1S/C19H18Br2F3N3O/c1-18(2,3)10-27-13-8-9-14(15(21)16(13)25-26-27)28-17(19(22,23)24)11-4-6-12(20)7-5-11/h4-9,17H,10H2,1-3H3. The molecule has 2 aromatic carbocycles. The van der Waals surface area contributed by atoms with E-state index >= 15 is 0 Å². The molecule has 0 spiro atoms. The second kappa shape index (κ2) is 7.67. The molecule has 0 aliphatic heterocycles. The van der Waals surface area contributed by atoms with Crippen LogP contribution in [0.25, 0.3) is 11.0 Å². The van der Waals surface area contributed by atoms with Gasteiger partial charge in [-0.3, -0.25) is 0 Å². The van der Waals surface area contributed by atoms with Gasteiger partial charge in [-0.25, -0.2) is 4.68 Å². The van der Waals surface area contributed by atoms with Crippen molar-refractivity contribution in [2.75, 3.05) is 0 Å². The van der Waals surface area contributed by atoms with E-state index in [0.717, 1.165) is 5.52 Å². The van der Waals surface area contributed by atoms with Crippen molar-refractivity contribution >= 4 is 42.9 Å². The third kappa shape index (κ3) is 4.68. The van der Waals surface area contributed by atoms with E-state index in [1.165, 1.54) is 18.2 Å². The summed E-state index contributed by atoms with van der Waals surface area (Å²) in [7, 11) is 0. The number of ether oxygens (including phenoxy) is 1. The molecule has 4 nitrogen and oxygen atoms in total.